The van der Waals surface area contributed by atoms with E-state index in [1.165, 1.54) is 11.1 Å². The normalized spacial score (nSPS) is 17.8. The van der Waals surface area contributed by atoms with Crippen LogP contribution in [-0.4, -0.2) is 18.9 Å². The quantitative estimate of drug-likeness (QED) is 0.727. The van der Waals surface area contributed by atoms with Gasteiger partial charge in [0, 0.05) is 12.0 Å². The molecule has 74 valence electrons. The van der Waals surface area contributed by atoms with Gasteiger partial charge >= 0.3 is 0 Å². The number of aldehydes is 1. The summed E-state index contributed by atoms with van der Waals surface area (Å²) in [7, 11) is 1.94. The zero-order valence-electron chi connectivity index (χ0n) is 8.42. The molecule has 0 spiro atoms. The van der Waals surface area contributed by atoms with Crippen molar-refractivity contribution < 1.29 is 4.79 Å². The van der Waals surface area contributed by atoms with Crippen LogP contribution in [0.5, 0.6) is 0 Å². The molecule has 0 atom stereocenters. The molecule has 0 aromatic heterocycles. The summed E-state index contributed by atoms with van der Waals surface area (Å²) in [6.45, 7) is 0. The minimum atomic E-state index is -0.0224. The average Bonchev–Trinajstić information content (AvgIpc) is 2.57. The number of hydrogen-bond donors (Lipinski definition) is 1. The van der Waals surface area contributed by atoms with Crippen molar-refractivity contribution in [2.45, 2.75) is 24.8 Å². The van der Waals surface area contributed by atoms with Gasteiger partial charge in [0.15, 0.2) is 0 Å². The van der Waals surface area contributed by atoms with Gasteiger partial charge in [-0.1, -0.05) is 24.3 Å². The summed E-state index contributed by atoms with van der Waals surface area (Å²) < 4.78 is 0. The average molecular weight is 189 g/mol. The second-order valence-electron chi connectivity index (χ2n) is 4.02. The van der Waals surface area contributed by atoms with Crippen molar-refractivity contribution in [1.29, 1.82) is 0 Å². The molecule has 1 aliphatic rings. The predicted octanol–water partition coefficient (Wildman–Crippen LogP) is 1.33. The Morgan fingerprint density at radius 2 is 1.93 bits per heavy atom. The number of likely N-dealkylation sites (N-methyl/N-ethyl adjacent to an activating group) is 1. The Kier molecular flexibility index (Phi) is 2.38. The summed E-state index contributed by atoms with van der Waals surface area (Å²) in [5, 5.41) is 3.29. The Balaban J connectivity index is 2.27. The Morgan fingerprint density at radius 3 is 2.36 bits per heavy atom. The maximum Gasteiger partial charge on any atom is 0.121 e. The summed E-state index contributed by atoms with van der Waals surface area (Å²) in [6, 6.07) is 8.43. The fourth-order valence-corrected chi connectivity index (χ4v) is 2.28. The van der Waals surface area contributed by atoms with E-state index < -0.39 is 0 Å². The summed E-state index contributed by atoms with van der Waals surface area (Å²) in [5.74, 6) is 0. The minimum Gasteiger partial charge on any atom is -0.313 e. The molecular weight excluding hydrogens is 174 g/mol. The van der Waals surface area contributed by atoms with Crippen molar-refractivity contribution in [3.63, 3.8) is 0 Å². The van der Waals surface area contributed by atoms with Crippen LogP contribution in [0.25, 0.3) is 0 Å². The zero-order chi connectivity index (χ0) is 10.0. The molecule has 0 heterocycles. The topological polar surface area (TPSA) is 29.1 Å². The molecule has 2 heteroatoms. The molecule has 1 aromatic rings. The first-order valence-electron chi connectivity index (χ1n) is 4.99. The maximum absolute atomic E-state index is 10.6. The second-order valence-corrected chi connectivity index (χ2v) is 4.02. The largest absolute Gasteiger partial charge is 0.313 e. The van der Waals surface area contributed by atoms with Gasteiger partial charge in [-0.3, -0.25) is 0 Å². The first-order chi connectivity index (χ1) is 6.79. The van der Waals surface area contributed by atoms with Crippen molar-refractivity contribution in [1.82, 2.24) is 5.32 Å². The lowest BCUT2D eigenvalue weighted by atomic mass is 9.92. The van der Waals surface area contributed by atoms with Gasteiger partial charge < -0.3 is 10.1 Å². The third-order valence-electron chi connectivity index (χ3n) is 3.18. The highest BCUT2D eigenvalue weighted by molar-refractivity contribution is 5.54. The van der Waals surface area contributed by atoms with Crippen LogP contribution in [-0.2, 0) is 17.6 Å². The molecular formula is C12H15NO. The summed E-state index contributed by atoms with van der Waals surface area (Å²) >= 11 is 0. The number of rotatable bonds is 3. The van der Waals surface area contributed by atoms with Gasteiger partial charge in [-0.05, 0) is 31.0 Å². The molecule has 0 fully saturated rings. The number of benzene rings is 1. The Morgan fingerprint density at radius 1 is 1.36 bits per heavy atom. The van der Waals surface area contributed by atoms with E-state index in [1.807, 2.05) is 7.05 Å². The molecule has 0 bridgehead atoms. The molecule has 2 nitrogen and oxygen atoms in total. The van der Waals surface area contributed by atoms with Gasteiger partial charge in [-0.15, -0.1) is 0 Å². The van der Waals surface area contributed by atoms with Gasteiger partial charge in [-0.25, -0.2) is 0 Å². The van der Waals surface area contributed by atoms with Gasteiger partial charge in [-0.2, -0.15) is 0 Å². The van der Waals surface area contributed by atoms with E-state index in [0.29, 0.717) is 6.42 Å². The van der Waals surface area contributed by atoms with Gasteiger partial charge in [0.05, 0.1) is 0 Å². The predicted molar refractivity (Wildman–Crippen MR) is 56.3 cm³/mol. The van der Waals surface area contributed by atoms with E-state index in [4.69, 9.17) is 0 Å². The molecule has 1 N–H and O–H groups in total. The van der Waals surface area contributed by atoms with E-state index in [-0.39, 0.29) is 5.54 Å². The van der Waals surface area contributed by atoms with Crippen LogP contribution in [0.3, 0.4) is 0 Å². The number of nitrogens with one attached hydrogen (secondary N) is 1. The van der Waals surface area contributed by atoms with Crippen molar-refractivity contribution in [2.75, 3.05) is 7.05 Å². The maximum atomic E-state index is 10.6. The molecule has 1 aliphatic carbocycles. The lowest BCUT2D eigenvalue weighted by molar-refractivity contribution is -0.109. The molecule has 0 saturated heterocycles. The van der Waals surface area contributed by atoms with Crippen molar-refractivity contribution in [2.24, 2.45) is 0 Å². The van der Waals surface area contributed by atoms with Crippen LogP contribution < -0.4 is 5.32 Å². The first kappa shape index (κ1) is 9.41. The Hall–Kier alpha value is -1.15. The molecule has 0 saturated carbocycles. The number of carbonyl (C=O) groups excluding carboxylic acids is 1. The smallest absolute Gasteiger partial charge is 0.121 e. The zero-order valence-corrected chi connectivity index (χ0v) is 8.42. The molecule has 14 heavy (non-hydrogen) atoms. The summed E-state index contributed by atoms with van der Waals surface area (Å²) in [4.78, 5) is 10.6. The van der Waals surface area contributed by atoms with E-state index in [9.17, 15) is 4.79 Å². The SMILES string of the molecule is CNC1(CC=O)Cc2ccccc2C1. The highest BCUT2D eigenvalue weighted by Gasteiger charge is 2.34. The first-order valence-corrected chi connectivity index (χ1v) is 4.99. The number of carbonyl (C=O) groups is 1. The van der Waals surface area contributed by atoms with E-state index in [2.05, 4.69) is 29.6 Å². The minimum absolute atomic E-state index is 0.0224. The fraction of sp³-hybridized carbons (Fsp3) is 0.417. The molecule has 0 amide bonds. The molecule has 2 rings (SSSR count). The number of hydrogen-bond acceptors (Lipinski definition) is 2. The lowest BCUT2D eigenvalue weighted by Gasteiger charge is -2.25. The molecule has 0 aliphatic heterocycles. The van der Waals surface area contributed by atoms with Crippen LogP contribution in [0.4, 0.5) is 0 Å². The third kappa shape index (κ3) is 1.46. The van der Waals surface area contributed by atoms with Gasteiger partial charge in [0.25, 0.3) is 0 Å². The Bertz CT molecular complexity index is 321. The summed E-state index contributed by atoms with van der Waals surface area (Å²) in [6.07, 6.45) is 3.55. The van der Waals surface area contributed by atoms with Gasteiger partial charge in [0.2, 0.25) is 0 Å². The van der Waals surface area contributed by atoms with E-state index in [1.54, 1.807) is 0 Å². The van der Waals surface area contributed by atoms with Crippen LogP contribution in [0.15, 0.2) is 24.3 Å². The molecule has 0 radical (unpaired) electrons. The monoisotopic (exact) mass is 189 g/mol. The van der Waals surface area contributed by atoms with E-state index >= 15 is 0 Å². The highest BCUT2D eigenvalue weighted by atomic mass is 16.1. The standard InChI is InChI=1S/C12H15NO/c1-13-12(6-7-14)8-10-4-2-3-5-11(10)9-12/h2-5,7,13H,6,8-9H2,1H3. The van der Waals surface area contributed by atoms with Crippen LogP contribution in [0.1, 0.15) is 17.5 Å². The molecule has 0 unspecified atom stereocenters. The van der Waals surface area contributed by atoms with Crippen LogP contribution in [0, 0.1) is 0 Å². The van der Waals surface area contributed by atoms with Crippen molar-refractivity contribution in [3.05, 3.63) is 35.4 Å². The summed E-state index contributed by atoms with van der Waals surface area (Å²) in [5.41, 5.74) is 2.73. The van der Waals surface area contributed by atoms with Gasteiger partial charge in [0.1, 0.15) is 6.29 Å². The third-order valence-corrected chi connectivity index (χ3v) is 3.18. The van der Waals surface area contributed by atoms with Crippen molar-refractivity contribution >= 4 is 6.29 Å². The Labute approximate surface area is 84.3 Å². The number of fused-ring (bicyclic) bond motifs is 1. The van der Waals surface area contributed by atoms with Crippen LogP contribution in [0.2, 0.25) is 0 Å². The fourth-order valence-electron chi connectivity index (χ4n) is 2.28. The van der Waals surface area contributed by atoms with Crippen LogP contribution >= 0.6 is 0 Å². The van der Waals surface area contributed by atoms with E-state index in [0.717, 1.165) is 19.1 Å². The van der Waals surface area contributed by atoms with Crippen molar-refractivity contribution in [3.8, 4) is 0 Å². The lowest BCUT2D eigenvalue weighted by Crippen LogP contribution is -2.44. The highest BCUT2D eigenvalue weighted by Crippen LogP contribution is 2.31. The molecule has 1 aromatic carbocycles. The second kappa shape index (κ2) is 3.54.